The second kappa shape index (κ2) is 6.91. The summed E-state index contributed by atoms with van der Waals surface area (Å²) in [6.07, 6.45) is 0.0569. The lowest BCUT2D eigenvalue weighted by Crippen LogP contribution is -2.27. The van der Waals surface area contributed by atoms with Crippen LogP contribution in [0.3, 0.4) is 0 Å². The van der Waals surface area contributed by atoms with E-state index in [-0.39, 0.29) is 36.0 Å². The molecule has 0 saturated carbocycles. The molecule has 0 radical (unpaired) electrons. The Morgan fingerprint density at radius 2 is 1.88 bits per heavy atom. The normalized spacial score (nSPS) is 10.5. The second-order valence-electron chi connectivity index (χ2n) is 5.15. The molecule has 0 bridgehead atoms. The first-order chi connectivity index (χ1) is 11.6. The van der Waals surface area contributed by atoms with Crippen molar-refractivity contribution in [2.24, 2.45) is 0 Å². The molecule has 2 amide bonds. The largest absolute Gasteiger partial charge is 0.352 e. The van der Waals surface area contributed by atoms with Gasteiger partial charge in [0.25, 0.3) is 5.91 Å². The number of aromatic amines is 1. The zero-order valence-electron chi connectivity index (χ0n) is 12.7. The Labute approximate surface area is 137 Å². The van der Waals surface area contributed by atoms with Gasteiger partial charge in [-0.2, -0.15) is 5.10 Å². The predicted octanol–water partition coefficient (Wildman–Crippen LogP) is 2.46. The van der Waals surface area contributed by atoms with E-state index in [4.69, 9.17) is 0 Å². The lowest BCUT2D eigenvalue weighted by atomic mass is 10.2. The summed E-state index contributed by atoms with van der Waals surface area (Å²) >= 11 is 0. The molecule has 0 aliphatic carbocycles. The highest BCUT2D eigenvalue weighted by Gasteiger charge is 2.13. The van der Waals surface area contributed by atoms with Crippen LogP contribution >= 0.6 is 0 Å². The van der Waals surface area contributed by atoms with Crippen molar-refractivity contribution in [3.05, 3.63) is 59.9 Å². The lowest BCUT2D eigenvalue weighted by molar-refractivity contribution is -0.116. The number of rotatable bonds is 5. The zero-order valence-corrected chi connectivity index (χ0v) is 12.7. The Kier molecular flexibility index (Phi) is 4.51. The summed E-state index contributed by atoms with van der Waals surface area (Å²) in [6, 6.07) is 13.2. The average molecular weight is 326 g/mol. The van der Waals surface area contributed by atoms with Crippen molar-refractivity contribution in [1.82, 2.24) is 15.5 Å². The van der Waals surface area contributed by atoms with E-state index in [2.05, 4.69) is 20.8 Å². The molecular formula is C17H15FN4O2. The highest BCUT2D eigenvalue weighted by atomic mass is 19.1. The third kappa shape index (κ3) is 3.40. The number of benzene rings is 2. The molecule has 122 valence electrons. The van der Waals surface area contributed by atoms with Gasteiger partial charge in [-0.05, 0) is 24.3 Å². The fraction of sp³-hybridized carbons (Fsp3) is 0.118. The molecule has 3 N–H and O–H groups in total. The first-order valence-corrected chi connectivity index (χ1v) is 7.41. The number of aromatic nitrogens is 2. The van der Waals surface area contributed by atoms with E-state index < -0.39 is 5.82 Å². The highest BCUT2D eigenvalue weighted by molar-refractivity contribution is 6.00. The fourth-order valence-electron chi connectivity index (χ4n) is 2.30. The van der Waals surface area contributed by atoms with Gasteiger partial charge in [-0.15, -0.1) is 0 Å². The Morgan fingerprint density at radius 1 is 1.08 bits per heavy atom. The van der Waals surface area contributed by atoms with E-state index in [0.717, 1.165) is 0 Å². The predicted molar refractivity (Wildman–Crippen MR) is 88.1 cm³/mol. The van der Waals surface area contributed by atoms with Crippen molar-refractivity contribution in [3.63, 3.8) is 0 Å². The van der Waals surface area contributed by atoms with Crippen molar-refractivity contribution < 1.29 is 14.0 Å². The summed E-state index contributed by atoms with van der Waals surface area (Å²) in [4.78, 5) is 23.8. The number of H-pyrrole nitrogens is 1. The van der Waals surface area contributed by atoms with Crippen molar-refractivity contribution in [2.45, 2.75) is 6.42 Å². The number of nitrogens with zero attached hydrogens (tertiary/aromatic N) is 1. The van der Waals surface area contributed by atoms with Crippen LogP contribution in [0.15, 0.2) is 48.5 Å². The summed E-state index contributed by atoms with van der Waals surface area (Å²) in [5, 5.41) is 12.0. The smallest absolute Gasteiger partial charge is 0.251 e. The minimum Gasteiger partial charge on any atom is -0.352 e. The average Bonchev–Trinajstić information content (AvgIpc) is 3.00. The maximum atomic E-state index is 13.8. The summed E-state index contributed by atoms with van der Waals surface area (Å²) in [5.74, 6) is -0.934. The standard InChI is InChI=1S/C17H15FN4O2/c18-12-7-4-8-13-15(12)16(22-21-13)20-14(23)9-10-19-17(24)11-5-2-1-3-6-11/h1-8H,9-10H2,(H,19,24)(H2,20,21,22,23). The van der Waals surface area contributed by atoms with E-state index in [0.29, 0.717) is 11.1 Å². The molecule has 7 heteroatoms. The Hall–Kier alpha value is -3.22. The number of fused-ring (bicyclic) bond motifs is 1. The van der Waals surface area contributed by atoms with Gasteiger partial charge in [-0.3, -0.25) is 14.7 Å². The SMILES string of the molecule is O=C(CCNC(=O)c1ccccc1)Nc1n[nH]c2cccc(F)c12. The second-order valence-corrected chi connectivity index (χ2v) is 5.15. The zero-order chi connectivity index (χ0) is 16.9. The molecular weight excluding hydrogens is 311 g/mol. The van der Waals surface area contributed by atoms with Gasteiger partial charge in [-0.25, -0.2) is 4.39 Å². The van der Waals surface area contributed by atoms with Gasteiger partial charge in [-0.1, -0.05) is 24.3 Å². The van der Waals surface area contributed by atoms with Gasteiger partial charge in [0.1, 0.15) is 5.82 Å². The molecule has 0 saturated heterocycles. The van der Waals surface area contributed by atoms with Gasteiger partial charge in [0.15, 0.2) is 5.82 Å². The maximum absolute atomic E-state index is 13.8. The molecule has 0 fully saturated rings. The van der Waals surface area contributed by atoms with E-state index in [1.54, 1.807) is 36.4 Å². The number of halogens is 1. The summed E-state index contributed by atoms with van der Waals surface area (Å²) in [6.45, 7) is 0.171. The van der Waals surface area contributed by atoms with Crippen molar-refractivity contribution >= 4 is 28.5 Å². The Balaban J connectivity index is 1.55. The van der Waals surface area contributed by atoms with Gasteiger partial charge < -0.3 is 10.6 Å². The van der Waals surface area contributed by atoms with Crippen LogP contribution in [0.25, 0.3) is 10.9 Å². The topological polar surface area (TPSA) is 86.9 Å². The number of carbonyl (C=O) groups excluding carboxylic acids is 2. The van der Waals surface area contributed by atoms with Crippen LogP contribution in [-0.2, 0) is 4.79 Å². The Morgan fingerprint density at radius 3 is 2.67 bits per heavy atom. The number of hydrogen-bond acceptors (Lipinski definition) is 3. The number of carbonyl (C=O) groups is 2. The van der Waals surface area contributed by atoms with E-state index in [9.17, 15) is 14.0 Å². The molecule has 6 nitrogen and oxygen atoms in total. The molecule has 0 unspecified atom stereocenters. The van der Waals surface area contributed by atoms with Crippen LogP contribution in [0.5, 0.6) is 0 Å². The van der Waals surface area contributed by atoms with Crippen LogP contribution in [0.4, 0.5) is 10.2 Å². The van der Waals surface area contributed by atoms with Gasteiger partial charge in [0, 0.05) is 18.5 Å². The Bertz CT molecular complexity index is 877. The molecule has 0 spiro atoms. The van der Waals surface area contributed by atoms with Crippen molar-refractivity contribution in [1.29, 1.82) is 0 Å². The lowest BCUT2D eigenvalue weighted by Gasteiger charge is -2.05. The van der Waals surface area contributed by atoms with Crippen LogP contribution < -0.4 is 10.6 Å². The van der Waals surface area contributed by atoms with Crippen LogP contribution in [0.2, 0.25) is 0 Å². The number of nitrogens with one attached hydrogen (secondary N) is 3. The molecule has 0 aliphatic heterocycles. The maximum Gasteiger partial charge on any atom is 0.251 e. The summed E-state index contributed by atoms with van der Waals surface area (Å²) in [5.41, 5.74) is 1.03. The third-order valence-corrected chi connectivity index (χ3v) is 3.47. The van der Waals surface area contributed by atoms with E-state index >= 15 is 0 Å². The number of anilines is 1. The fourth-order valence-corrected chi connectivity index (χ4v) is 2.30. The van der Waals surface area contributed by atoms with E-state index in [1.165, 1.54) is 6.07 Å². The van der Waals surface area contributed by atoms with Crippen molar-refractivity contribution in [2.75, 3.05) is 11.9 Å². The summed E-state index contributed by atoms with van der Waals surface area (Å²) < 4.78 is 13.8. The third-order valence-electron chi connectivity index (χ3n) is 3.47. The molecule has 3 aromatic rings. The van der Waals surface area contributed by atoms with Crippen LogP contribution in [0, 0.1) is 5.82 Å². The quantitative estimate of drug-likeness (QED) is 0.673. The van der Waals surface area contributed by atoms with Crippen LogP contribution in [-0.4, -0.2) is 28.6 Å². The first-order valence-electron chi connectivity index (χ1n) is 7.41. The molecule has 0 atom stereocenters. The molecule has 3 rings (SSSR count). The molecule has 1 heterocycles. The minimum absolute atomic E-state index is 0.0569. The van der Waals surface area contributed by atoms with Crippen LogP contribution in [0.1, 0.15) is 16.8 Å². The van der Waals surface area contributed by atoms with E-state index in [1.807, 2.05) is 6.07 Å². The number of hydrogen-bond donors (Lipinski definition) is 3. The van der Waals surface area contributed by atoms with Gasteiger partial charge >= 0.3 is 0 Å². The minimum atomic E-state index is -0.464. The summed E-state index contributed by atoms with van der Waals surface area (Å²) in [7, 11) is 0. The molecule has 24 heavy (non-hydrogen) atoms. The van der Waals surface area contributed by atoms with Crippen molar-refractivity contribution in [3.8, 4) is 0 Å². The molecule has 0 aliphatic rings. The number of amides is 2. The highest BCUT2D eigenvalue weighted by Crippen LogP contribution is 2.23. The van der Waals surface area contributed by atoms with Gasteiger partial charge in [0.05, 0.1) is 10.9 Å². The molecule has 2 aromatic carbocycles. The monoisotopic (exact) mass is 326 g/mol. The molecule has 1 aromatic heterocycles. The van der Waals surface area contributed by atoms with Gasteiger partial charge in [0.2, 0.25) is 5.91 Å². The first kappa shape index (κ1) is 15.7.